The Balaban J connectivity index is 1.56. The van der Waals surface area contributed by atoms with Crippen molar-refractivity contribution in [2.75, 3.05) is 5.32 Å². The van der Waals surface area contributed by atoms with Crippen molar-refractivity contribution in [3.8, 4) is 10.6 Å². The van der Waals surface area contributed by atoms with Gasteiger partial charge in [-0.1, -0.05) is 0 Å². The van der Waals surface area contributed by atoms with Crippen molar-refractivity contribution in [1.82, 2.24) is 19.9 Å². The number of rotatable bonds is 6. The molecule has 0 fully saturated rings. The zero-order valence-electron chi connectivity index (χ0n) is 18.1. The van der Waals surface area contributed by atoms with Crippen LogP contribution in [-0.4, -0.2) is 26.3 Å². The molecule has 3 heterocycles. The van der Waals surface area contributed by atoms with Crippen LogP contribution in [0, 0.1) is 6.92 Å². The summed E-state index contributed by atoms with van der Waals surface area (Å²) in [5.74, 6) is -0.458. The van der Waals surface area contributed by atoms with Crippen LogP contribution in [0.15, 0.2) is 39.9 Å². The number of carbonyl (C=O) groups is 2. The number of carbonyl (C=O) groups excluding carboxylic acids is 2. The predicted molar refractivity (Wildman–Crippen MR) is 130 cm³/mol. The summed E-state index contributed by atoms with van der Waals surface area (Å²) in [5.41, 5.74) is 0.735. The second kappa shape index (κ2) is 9.12. The van der Waals surface area contributed by atoms with Gasteiger partial charge in [0.2, 0.25) is 5.91 Å². The lowest BCUT2D eigenvalue weighted by atomic mass is 10.1. The Morgan fingerprint density at radius 2 is 1.94 bits per heavy atom. The maximum atomic E-state index is 12.8. The first-order valence-electron chi connectivity index (χ1n) is 10.2. The quantitative estimate of drug-likeness (QED) is 0.363. The first-order valence-corrected chi connectivity index (χ1v) is 11.8. The fraction of sp³-hybridized carbons (Fsp3) is 0.227. The summed E-state index contributed by atoms with van der Waals surface area (Å²) in [6.45, 7) is 5.99. The highest BCUT2D eigenvalue weighted by Gasteiger charge is 2.16. The molecule has 11 heteroatoms. The number of benzene rings is 1. The lowest BCUT2D eigenvalue weighted by Crippen LogP contribution is -2.36. The Morgan fingerprint density at radius 3 is 2.67 bits per heavy atom. The molecule has 3 aromatic heterocycles. The van der Waals surface area contributed by atoms with Gasteiger partial charge in [-0.2, -0.15) is 0 Å². The molecule has 0 aliphatic heterocycles. The third kappa shape index (κ3) is 4.64. The first-order chi connectivity index (χ1) is 15.8. The molecule has 0 radical (unpaired) electrons. The van der Waals surface area contributed by atoms with Crippen LogP contribution in [0.4, 0.5) is 5.13 Å². The van der Waals surface area contributed by atoms with Crippen LogP contribution in [0.3, 0.4) is 0 Å². The third-order valence-corrected chi connectivity index (χ3v) is 6.96. The minimum Gasteiger partial charge on any atom is -0.351 e. The Morgan fingerprint density at radius 1 is 1.15 bits per heavy atom. The average Bonchev–Trinajstić information content (AvgIpc) is 3.39. The summed E-state index contributed by atoms with van der Waals surface area (Å²) in [6, 6.07) is 8.69. The number of aryl methyl sites for hydroxylation is 2. The first kappa shape index (κ1) is 22.6. The molecule has 3 N–H and O–H groups in total. The van der Waals surface area contributed by atoms with Crippen LogP contribution < -0.4 is 21.8 Å². The summed E-state index contributed by atoms with van der Waals surface area (Å²) in [7, 11) is 0. The van der Waals surface area contributed by atoms with Crippen LogP contribution in [0.1, 0.15) is 34.0 Å². The number of fused-ring (bicyclic) bond motifs is 1. The zero-order chi connectivity index (χ0) is 23.7. The van der Waals surface area contributed by atoms with Gasteiger partial charge in [0, 0.05) is 28.8 Å². The molecule has 0 unspecified atom stereocenters. The molecule has 1 aromatic carbocycles. The SMILES string of the molecule is CCn1c(=O)c(=O)[nH]c2cc(C(=O)Nc3nc(-c4ccc(CNC(C)=O)s4)c(C)s3)ccc21. The number of nitrogens with zero attached hydrogens (tertiary/aromatic N) is 2. The van der Waals surface area contributed by atoms with E-state index in [2.05, 4.69) is 20.6 Å². The number of H-pyrrole nitrogens is 1. The molecule has 0 aliphatic carbocycles. The van der Waals surface area contributed by atoms with E-state index in [0.29, 0.717) is 34.8 Å². The second-order valence-corrected chi connectivity index (χ2v) is 9.66. The van der Waals surface area contributed by atoms with Crippen molar-refractivity contribution >= 4 is 50.7 Å². The number of thiazole rings is 1. The fourth-order valence-corrected chi connectivity index (χ4v) is 5.28. The highest BCUT2D eigenvalue weighted by Crippen LogP contribution is 2.34. The van der Waals surface area contributed by atoms with Gasteiger partial charge in [-0.3, -0.25) is 24.5 Å². The molecule has 170 valence electrons. The normalized spacial score (nSPS) is 11.0. The summed E-state index contributed by atoms with van der Waals surface area (Å²) < 4.78 is 1.37. The molecule has 0 saturated heterocycles. The van der Waals surface area contributed by atoms with Crippen molar-refractivity contribution in [1.29, 1.82) is 0 Å². The number of nitrogens with one attached hydrogen (secondary N) is 3. The van der Waals surface area contributed by atoms with Crippen molar-refractivity contribution in [3.63, 3.8) is 0 Å². The van der Waals surface area contributed by atoms with E-state index in [1.54, 1.807) is 25.1 Å². The van der Waals surface area contributed by atoms with E-state index >= 15 is 0 Å². The maximum absolute atomic E-state index is 12.8. The molecule has 9 nitrogen and oxygen atoms in total. The van der Waals surface area contributed by atoms with Gasteiger partial charge in [-0.15, -0.1) is 22.7 Å². The number of hydrogen-bond donors (Lipinski definition) is 3. The smallest absolute Gasteiger partial charge is 0.316 e. The lowest BCUT2D eigenvalue weighted by molar-refractivity contribution is -0.119. The molecule has 0 spiro atoms. The van der Waals surface area contributed by atoms with Crippen molar-refractivity contribution < 1.29 is 9.59 Å². The second-order valence-electron chi connectivity index (χ2n) is 7.29. The Labute approximate surface area is 196 Å². The van der Waals surface area contributed by atoms with Crippen LogP contribution in [0.5, 0.6) is 0 Å². The van der Waals surface area contributed by atoms with Crippen molar-refractivity contribution in [2.24, 2.45) is 0 Å². The van der Waals surface area contributed by atoms with E-state index in [4.69, 9.17) is 0 Å². The summed E-state index contributed by atoms with van der Waals surface area (Å²) >= 11 is 2.90. The molecular formula is C22H21N5O4S2. The molecular weight excluding hydrogens is 462 g/mol. The maximum Gasteiger partial charge on any atom is 0.316 e. The standard InChI is InChI=1S/C22H21N5O4S2/c1-4-27-16-7-5-13(9-15(16)24-20(30)21(27)31)19(29)26-22-25-18(11(2)32-22)17-8-6-14(33-17)10-23-12(3)28/h5-9H,4,10H2,1-3H3,(H,23,28)(H,24,30)(H,25,26,29). The Kier molecular flexibility index (Phi) is 6.25. The number of thiophene rings is 1. The van der Waals surface area contributed by atoms with Gasteiger partial charge in [0.15, 0.2) is 5.13 Å². The summed E-state index contributed by atoms with van der Waals surface area (Å²) in [5, 5.41) is 6.04. The Hall–Kier alpha value is -3.57. The molecule has 0 saturated carbocycles. The third-order valence-electron chi connectivity index (χ3n) is 4.98. The van der Waals surface area contributed by atoms with E-state index in [9.17, 15) is 19.2 Å². The van der Waals surface area contributed by atoms with Crippen molar-refractivity contribution in [3.05, 3.63) is 66.4 Å². The van der Waals surface area contributed by atoms with Gasteiger partial charge in [0.1, 0.15) is 0 Å². The van der Waals surface area contributed by atoms with E-state index in [-0.39, 0.29) is 11.8 Å². The van der Waals surface area contributed by atoms with Crippen LogP contribution in [-0.2, 0) is 17.9 Å². The zero-order valence-corrected chi connectivity index (χ0v) is 19.8. The molecule has 2 amide bonds. The minimum absolute atomic E-state index is 0.0875. The fourth-order valence-electron chi connectivity index (χ4n) is 3.39. The topological polar surface area (TPSA) is 126 Å². The van der Waals surface area contributed by atoms with Crippen LogP contribution in [0.2, 0.25) is 0 Å². The molecule has 4 aromatic rings. The van der Waals surface area contributed by atoms with Gasteiger partial charge in [-0.05, 0) is 44.2 Å². The average molecular weight is 484 g/mol. The van der Waals surface area contributed by atoms with Gasteiger partial charge in [0.25, 0.3) is 5.91 Å². The highest BCUT2D eigenvalue weighted by molar-refractivity contribution is 7.18. The van der Waals surface area contributed by atoms with E-state index < -0.39 is 11.1 Å². The van der Waals surface area contributed by atoms with Crippen molar-refractivity contribution in [2.45, 2.75) is 33.9 Å². The summed E-state index contributed by atoms with van der Waals surface area (Å²) in [4.78, 5) is 57.9. The highest BCUT2D eigenvalue weighted by atomic mass is 32.1. The summed E-state index contributed by atoms with van der Waals surface area (Å²) in [6.07, 6.45) is 0. The predicted octanol–water partition coefficient (Wildman–Crippen LogP) is 3.09. The molecule has 33 heavy (non-hydrogen) atoms. The molecule has 0 bridgehead atoms. The van der Waals surface area contributed by atoms with Gasteiger partial charge in [-0.25, -0.2) is 4.98 Å². The number of aromatic amines is 1. The van der Waals surface area contributed by atoms with Gasteiger partial charge >= 0.3 is 11.1 Å². The number of hydrogen-bond acceptors (Lipinski definition) is 7. The van der Waals surface area contributed by atoms with E-state index in [1.165, 1.54) is 34.2 Å². The minimum atomic E-state index is -0.726. The lowest BCUT2D eigenvalue weighted by Gasteiger charge is -2.08. The largest absolute Gasteiger partial charge is 0.351 e. The van der Waals surface area contributed by atoms with E-state index in [0.717, 1.165) is 20.3 Å². The number of aromatic nitrogens is 3. The number of amides is 2. The monoisotopic (exact) mass is 483 g/mol. The van der Waals surface area contributed by atoms with Crippen LogP contribution >= 0.6 is 22.7 Å². The van der Waals surface area contributed by atoms with Crippen LogP contribution in [0.25, 0.3) is 21.6 Å². The van der Waals surface area contributed by atoms with Gasteiger partial charge in [0.05, 0.1) is 28.1 Å². The molecule has 0 atom stereocenters. The molecule has 4 rings (SSSR count). The van der Waals surface area contributed by atoms with E-state index in [1.807, 2.05) is 19.1 Å². The Bertz CT molecular complexity index is 1490. The van der Waals surface area contributed by atoms with Gasteiger partial charge < -0.3 is 14.9 Å². The molecule has 0 aliphatic rings. The number of anilines is 1.